The number of hydrogen-bond donors (Lipinski definition) is 0. The minimum absolute atomic E-state index is 0.449. The monoisotopic (exact) mass is 333 g/mol. The first-order valence-corrected chi connectivity index (χ1v) is 6.23. The van der Waals surface area contributed by atoms with Crippen LogP contribution < -0.4 is 0 Å². The van der Waals surface area contributed by atoms with Crippen molar-refractivity contribution in [1.82, 2.24) is 0 Å². The molecule has 0 N–H and O–H groups in total. The van der Waals surface area contributed by atoms with Gasteiger partial charge in [0.05, 0.1) is 16.1 Å². The van der Waals surface area contributed by atoms with Crippen LogP contribution in [0.1, 0.15) is 5.56 Å². The van der Waals surface area contributed by atoms with Crippen LogP contribution in [0.15, 0.2) is 18.2 Å². The van der Waals surface area contributed by atoms with Gasteiger partial charge >= 0.3 is 0 Å². The van der Waals surface area contributed by atoms with Crippen LogP contribution >= 0.6 is 45.5 Å². The Labute approximate surface area is 104 Å². The van der Waals surface area contributed by atoms with E-state index in [2.05, 4.69) is 28.7 Å². The molecule has 0 spiro atoms. The van der Waals surface area contributed by atoms with E-state index < -0.39 is 0 Å². The lowest BCUT2D eigenvalue weighted by Crippen LogP contribution is -1.80. The lowest BCUT2D eigenvalue weighted by Gasteiger charge is -1.96. The number of nitrogens with zero attached hydrogens (tertiary/aromatic N) is 1. The van der Waals surface area contributed by atoms with Crippen molar-refractivity contribution in [1.29, 1.82) is 5.26 Å². The van der Waals surface area contributed by atoms with Crippen LogP contribution in [0.3, 0.4) is 0 Å². The largest absolute Gasteiger partial charge is 0.198 e. The molecule has 1 aromatic carbocycles. The molecule has 0 bridgehead atoms. The molecule has 0 amide bonds. The van der Waals surface area contributed by atoms with Gasteiger partial charge in [0.2, 0.25) is 0 Å². The molecule has 2 rings (SSSR count). The van der Waals surface area contributed by atoms with Gasteiger partial charge in [0, 0.05) is 10.1 Å². The Hall–Kier alpha value is -0.310. The van der Waals surface area contributed by atoms with E-state index in [1.165, 1.54) is 0 Å². The summed E-state index contributed by atoms with van der Waals surface area (Å²) in [6.45, 7) is 0. The zero-order valence-electron chi connectivity index (χ0n) is 7.05. The molecular formula is C10H5ClINS. The first-order chi connectivity index (χ1) is 6.74. The Morgan fingerprint density at radius 3 is 3.00 bits per heavy atom. The first kappa shape index (κ1) is 10.2. The van der Waals surface area contributed by atoms with Crippen LogP contribution in [0.5, 0.6) is 0 Å². The van der Waals surface area contributed by atoms with Gasteiger partial charge in [-0.15, -0.1) is 11.3 Å². The van der Waals surface area contributed by atoms with E-state index in [0.29, 0.717) is 6.42 Å². The Kier molecular flexibility index (Phi) is 2.96. The van der Waals surface area contributed by atoms with Crippen molar-refractivity contribution in [3.05, 3.63) is 31.7 Å². The topological polar surface area (TPSA) is 23.8 Å². The summed E-state index contributed by atoms with van der Waals surface area (Å²) in [6.07, 6.45) is 0.449. The highest BCUT2D eigenvalue weighted by molar-refractivity contribution is 14.1. The number of hydrogen-bond acceptors (Lipinski definition) is 2. The predicted octanol–water partition coefficient (Wildman–Crippen LogP) is 4.23. The summed E-state index contributed by atoms with van der Waals surface area (Å²) in [6, 6.07) is 8.16. The molecule has 1 nitrogen and oxygen atoms in total. The highest BCUT2D eigenvalue weighted by atomic mass is 127. The fourth-order valence-electron chi connectivity index (χ4n) is 1.34. The minimum Gasteiger partial charge on any atom is -0.198 e. The molecule has 0 saturated carbocycles. The standard InChI is InChI=1S/C10H5ClINS/c11-10-8(12)7-3-1-2-6(4-5-13)9(7)14-10/h1-3H,4H2. The number of thiophene rings is 1. The molecule has 1 heterocycles. The van der Waals surface area contributed by atoms with Gasteiger partial charge in [-0.3, -0.25) is 0 Å². The summed E-state index contributed by atoms with van der Waals surface area (Å²) in [5.41, 5.74) is 1.07. The molecule has 0 aliphatic rings. The van der Waals surface area contributed by atoms with Gasteiger partial charge < -0.3 is 0 Å². The molecule has 0 unspecified atom stereocenters. The number of nitriles is 1. The molecule has 2 aromatic rings. The maximum absolute atomic E-state index is 8.68. The third kappa shape index (κ3) is 1.62. The number of halogens is 2. The van der Waals surface area contributed by atoms with Crippen molar-refractivity contribution < 1.29 is 0 Å². The Morgan fingerprint density at radius 2 is 2.29 bits per heavy atom. The quantitative estimate of drug-likeness (QED) is 0.717. The van der Waals surface area contributed by atoms with Crippen LogP contribution in [0, 0.1) is 14.9 Å². The third-order valence-corrected chi connectivity index (χ3v) is 5.26. The van der Waals surface area contributed by atoms with Gasteiger partial charge in [-0.05, 0) is 28.2 Å². The number of rotatable bonds is 1. The summed E-state index contributed by atoms with van der Waals surface area (Å²) in [5, 5.41) is 9.84. The molecular weight excluding hydrogens is 329 g/mol. The molecule has 0 atom stereocenters. The summed E-state index contributed by atoms with van der Waals surface area (Å²) in [7, 11) is 0. The highest BCUT2D eigenvalue weighted by Crippen LogP contribution is 2.37. The van der Waals surface area contributed by atoms with Crippen molar-refractivity contribution in [2.24, 2.45) is 0 Å². The molecule has 0 radical (unpaired) electrons. The molecule has 0 aliphatic heterocycles. The van der Waals surface area contributed by atoms with Gasteiger partial charge in [0.1, 0.15) is 4.34 Å². The second-order valence-corrected chi connectivity index (χ2v) is 5.52. The van der Waals surface area contributed by atoms with Crippen LogP contribution in [0.2, 0.25) is 4.34 Å². The second-order valence-electron chi connectivity index (χ2n) is 2.82. The smallest absolute Gasteiger partial charge is 0.107 e. The molecule has 70 valence electrons. The zero-order valence-corrected chi connectivity index (χ0v) is 10.8. The van der Waals surface area contributed by atoms with E-state index in [1.54, 1.807) is 11.3 Å². The van der Waals surface area contributed by atoms with E-state index in [0.717, 1.165) is 23.6 Å². The average Bonchev–Trinajstić information content (AvgIpc) is 2.46. The maximum atomic E-state index is 8.68. The lowest BCUT2D eigenvalue weighted by molar-refractivity contribution is 1.29. The van der Waals surface area contributed by atoms with Crippen LogP contribution in [0.4, 0.5) is 0 Å². The Bertz CT molecular complexity index is 527. The molecule has 0 fully saturated rings. The van der Waals surface area contributed by atoms with Crippen molar-refractivity contribution in [2.75, 3.05) is 0 Å². The molecule has 0 saturated heterocycles. The Balaban J connectivity index is 2.76. The average molecular weight is 334 g/mol. The van der Waals surface area contributed by atoms with Crippen molar-refractivity contribution >= 4 is 55.6 Å². The SMILES string of the molecule is N#CCc1cccc2c(I)c(Cl)sc12. The number of benzene rings is 1. The first-order valence-electron chi connectivity index (χ1n) is 3.96. The summed E-state index contributed by atoms with van der Waals surface area (Å²) >= 11 is 9.84. The summed E-state index contributed by atoms with van der Waals surface area (Å²) in [4.78, 5) is 0. The van der Waals surface area contributed by atoms with Crippen molar-refractivity contribution in [3.8, 4) is 6.07 Å². The van der Waals surface area contributed by atoms with E-state index in [4.69, 9.17) is 16.9 Å². The Morgan fingerprint density at radius 1 is 1.50 bits per heavy atom. The van der Waals surface area contributed by atoms with Crippen LogP contribution in [-0.2, 0) is 6.42 Å². The van der Waals surface area contributed by atoms with Gasteiger partial charge in [-0.1, -0.05) is 29.8 Å². The number of fused-ring (bicyclic) bond motifs is 1. The van der Waals surface area contributed by atoms with Gasteiger partial charge in [-0.25, -0.2) is 0 Å². The molecule has 0 aliphatic carbocycles. The predicted molar refractivity (Wildman–Crippen MR) is 68.9 cm³/mol. The van der Waals surface area contributed by atoms with E-state index in [1.807, 2.05) is 18.2 Å². The van der Waals surface area contributed by atoms with Gasteiger partial charge in [-0.2, -0.15) is 5.26 Å². The fraction of sp³-hybridized carbons (Fsp3) is 0.100. The molecule has 4 heteroatoms. The van der Waals surface area contributed by atoms with Crippen LogP contribution in [0.25, 0.3) is 10.1 Å². The lowest BCUT2D eigenvalue weighted by atomic mass is 10.1. The molecule has 1 aromatic heterocycles. The zero-order chi connectivity index (χ0) is 10.1. The fourth-order valence-corrected chi connectivity index (χ4v) is 3.57. The van der Waals surface area contributed by atoms with Crippen molar-refractivity contribution in [3.63, 3.8) is 0 Å². The second kappa shape index (κ2) is 4.05. The normalized spacial score (nSPS) is 10.4. The van der Waals surface area contributed by atoms with E-state index in [9.17, 15) is 0 Å². The highest BCUT2D eigenvalue weighted by Gasteiger charge is 2.10. The third-order valence-electron chi connectivity index (χ3n) is 1.97. The minimum atomic E-state index is 0.449. The van der Waals surface area contributed by atoms with Gasteiger partial charge in [0.25, 0.3) is 0 Å². The summed E-state index contributed by atoms with van der Waals surface area (Å²) in [5.74, 6) is 0. The van der Waals surface area contributed by atoms with Crippen LogP contribution in [-0.4, -0.2) is 0 Å². The van der Waals surface area contributed by atoms with E-state index >= 15 is 0 Å². The maximum Gasteiger partial charge on any atom is 0.107 e. The summed E-state index contributed by atoms with van der Waals surface area (Å²) < 4.78 is 3.04. The molecule has 14 heavy (non-hydrogen) atoms. The van der Waals surface area contributed by atoms with Gasteiger partial charge in [0.15, 0.2) is 0 Å². The van der Waals surface area contributed by atoms with E-state index in [-0.39, 0.29) is 0 Å². The van der Waals surface area contributed by atoms with Crippen molar-refractivity contribution in [2.45, 2.75) is 6.42 Å².